The molecule has 1 aromatic carbocycles. The van der Waals surface area contributed by atoms with E-state index in [1.165, 1.54) is 11.0 Å². The minimum absolute atomic E-state index is 0. The molecule has 0 bridgehead atoms. The van der Waals surface area contributed by atoms with Crippen LogP contribution in [0, 0.1) is 0 Å². The molecule has 0 amide bonds. The first-order valence-electron chi connectivity index (χ1n) is 4.83. The number of hydrogen-bond acceptors (Lipinski definition) is 0. The number of benzene rings is 1. The smallest absolute Gasteiger partial charge is 0.218 e. The van der Waals surface area contributed by atoms with Gasteiger partial charge in [-0.05, 0) is 24.3 Å². The minimum Gasteiger partial charge on any atom is -1.00 e. The van der Waals surface area contributed by atoms with Gasteiger partial charge in [0, 0.05) is 34.7 Å². The molecule has 0 aliphatic heterocycles. The average Bonchev–Trinajstić information content (AvgIpc) is 2.28. The summed E-state index contributed by atoms with van der Waals surface area (Å²) in [7, 11) is 0. The Kier molecular flexibility index (Phi) is 2.99. The first kappa shape index (κ1) is 11.2. The first-order valence-corrected chi connectivity index (χ1v) is 5.21. The molecule has 2 aromatic heterocycles. The maximum atomic E-state index is 5.96. The molecule has 0 saturated heterocycles. The topological polar surface area (TPSA) is 4.10 Å². The van der Waals surface area contributed by atoms with Crippen LogP contribution in [0.4, 0.5) is 0 Å². The molecule has 0 spiro atoms. The molecule has 0 aliphatic carbocycles. The van der Waals surface area contributed by atoms with Crippen molar-refractivity contribution in [2.24, 2.45) is 0 Å². The van der Waals surface area contributed by atoms with Gasteiger partial charge in [-0.25, -0.2) is 0 Å². The summed E-state index contributed by atoms with van der Waals surface area (Å²) in [5, 5.41) is 1.93. The number of aromatic nitrogens is 1. The SMILES string of the molecule is Clc1ccc2c(ccc3cccc[n+]32)c1.[Cl-]. The van der Waals surface area contributed by atoms with E-state index in [9.17, 15) is 0 Å². The Morgan fingerprint density at radius 2 is 1.81 bits per heavy atom. The fourth-order valence-corrected chi connectivity index (χ4v) is 2.05. The van der Waals surface area contributed by atoms with Crippen molar-refractivity contribution in [2.45, 2.75) is 0 Å². The van der Waals surface area contributed by atoms with Gasteiger partial charge >= 0.3 is 0 Å². The summed E-state index contributed by atoms with van der Waals surface area (Å²) < 4.78 is 2.16. The van der Waals surface area contributed by atoms with Crippen LogP contribution in [0.15, 0.2) is 54.7 Å². The lowest BCUT2D eigenvalue weighted by Gasteiger charge is -1.97. The number of rotatable bonds is 0. The molecule has 80 valence electrons. The van der Waals surface area contributed by atoms with E-state index in [1.807, 2.05) is 30.3 Å². The van der Waals surface area contributed by atoms with Crippen LogP contribution in [-0.4, -0.2) is 0 Å². The Balaban J connectivity index is 0.000000963. The number of fused-ring (bicyclic) bond motifs is 3. The summed E-state index contributed by atoms with van der Waals surface area (Å²) >= 11 is 5.96. The van der Waals surface area contributed by atoms with Crippen molar-refractivity contribution in [3.63, 3.8) is 0 Å². The molecule has 0 radical (unpaired) electrons. The van der Waals surface area contributed by atoms with E-state index in [0.29, 0.717) is 0 Å². The summed E-state index contributed by atoms with van der Waals surface area (Å²) in [5.41, 5.74) is 2.37. The van der Waals surface area contributed by atoms with E-state index in [-0.39, 0.29) is 12.4 Å². The Labute approximate surface area is 105 Å². The molecule has 3 heteroatoms. The predicted molar refractivity (Wildman–Crippen MR) is 62.1 cm³/mol. The molecule has 0 unspecified atom stereocenters. The van der Waals surface area contributed by atoms with Gasteiger partial charge in [-0.15, -0.1) is 0 Å². The second-order valence-corrected chi connectivity index (χ2v) is 3.97. The van der Waals surface area contributed by atoms with Crippen LogP contribution in [0.3, 0.4) is 0 Å². The summed E-state index contributed by atoms with van der Waals surface area (Å²) in [4.78, 5) is 0. The highest BCUT2D eigenvalue weighted by Crippen LogP contribution is 2.17. The molecule has 3 rings (SSSR count). The summed E-state index contributed by atoms with van der Waals surface area (Å²) in [6.07, 6.45) is 2.06. The highest BCUT2D eigenvalue weighted by atomic mass is 35.5. The fourth-order valence-electron chi connectivity index (χ4n) is 1.86. The van der Waals surface area contributed by atoms with Crippen molar-refractivity contribution in [3.8, 4) is 0 Å². The third-order valence-corrected chi connectivity index (χ3v) is 2.81. The molecule has 0 atom stereocenters. The zero-order chi connectivity index (χ0) is 10.3. The van der Waals surface area contributed by atoms with Crippen LogP contribution in [0.1, 0.15) is 0 Å². The van der Waals surface area contributed by atoms with E-state index < -0.39 is 0 Å². The summed E-state index contributed by atoms with van der Waals surface area (Å²) in [5.74, 6) is 0. The zero-order valence-corrected chi connectivity index (χ0v) is 9.91. The number of pyridine rings is 2. The van der Waals surface area contributed by atoms with Gasteiger partial charge < -0.3 is 12.4 Å². The van der Waals surface area contributed by atoms with Crippen molar-refractivity contribution in [2.75, 3.05) is 0 Å². The highest BCUT2D eigenvalue weighted by Gasteiger charge is 2.07. The third kappa shape index (κ3) is 1.73. The van der Waals surface area contributed by atoms with Gasteiger partial charge in [-0.2, -0.15) is 4.40 Å². The second kappa shape index (κ2) is 4.28. The van der Waals surface area contributed by atoms with E-state index in [1.54, 1.807) is 0 Å². The molecule has 16 heavy (non-hydrogen) atoms. The standard InChI is InChI=1S/C13H9ClN.ClH/c14-11-5-7-13-10(9-11)4-6-12-3-1-2-8-15(12)13;/h1-9H;1H/q+1;/p-1. The van der Waals surface area contributed by atoms with Gasteiger partial charge in [-0.1, -0.05) is 11.6 Å². The Hall–Kier alpha value is -1.31. The lowest BCUT2D eigenvalue weighted by molar-refractivity contribution is -0.481. The lowest BCUT2D eigenvalue weighted by atomic mass is 10.2. The van der Waals surface area contributed by atoms with Crippen molar-refractivity contribution in [1.29, 1.82) is 0 Å². The van der Waals surface area contributed by atoms with Crippen molar-refractivity contribution in [1.82, 2.24) is 0 Å². The third-order valence-electron chi connectivity index (χ3n) is 2.57. The van der Waals surface area contributed by atoms with Gasteiger partial charge in [0.25, 0.3) is 0 Å². The fraction of sp³-hybridized carbons (Fsp3) is 0. The Morgan fingerprint density at radius 1 is 0.938 bits per heavy atom. The molecule has 0 saturated carbocycles. The number of halogens is 2. The summed E-state index contributed by atoms with van der Waals surface area (Å²) in [6, 6.07) is 16.3. The molecule has 2 heterocycles. The van der Waals surface area contributed by atoms with Gasteiger partial charge in [0.15, 0.2) is 6.20 Å². The molecule has 3 aromatic rings. The highest BCUT2D eigenvalue weighted by molar-refractivity contribution is 6.31. The van der Waals surface area contributed by atoms with Gasteiger partial charge in [0.2, 0.25) is 11.0 Å². The van der Waals surface area contributed by atoms with Crippen molar-refractivity contribution in [3.05, 3.63) is 59.8 Å². The van der Waals surface area contributed by atoms with E-state index in [2.05, 4.69) is 28.8 Å². The Bertz CT molecular complexity index is 650. The van der Waals surface area contributed by atoms with Crippen LogP contribution < -0.4 is 16.8 Å². The van der Waals surface area contributed by atoms with Crippen LogP contribution in [0.25, 0.3) is 16.4 Å². The zero-order valence-electron chi connectivity index (χ0n) is 8.40. The number of hydrogen-bond donors (Lipinski definition) is 0. The molecule has 0 N–H and O–H groups in total. The van der Waals surface area contributed by atoms with Crippen LogP contribution >= 0.6 is 11.6 Å². The maximum Gasteiger partial charge on any atom is 0.218 e. The van der Waals surface area contributed by atoms with Crippen LogP contribution in [0.5, 0.6) is 0 Å². The van der Waals surface area contributed by atoms with Crippen molar-refractivity contribution < 1.29 is 16.8 Å². The molecular formula is C13H9Cl2N. The van der Waals surface area contributed by atoms with Crippen molar-refractivity contribution >= 4 is 28.0 Å². The molecule has 0 fully saturated rings. The van der Waals surface area contributed by atoms with Gasteiger partial charge in [0.1, 0.15) is 0 Å². The maximum absolute atomic E-state index is 5.96. The van der Waals surface area contributed by atoms with E-state index >= 15 is 0 Å². The largest absolute Gasteiger partial charge is 1.00 e. The quantitative estimate of drug-likeness (QED) is 0.397. The molecule has 1 nitrogen and oxygen atoms in total. The monoisotopic (exact) mass is 249 g/mol. The average molecular weight is 250 g/mol. The predicted octanol–water partition coefficient (Wildman–Crippen LogP) is 0.236. The van der Waals surface area contributed by atoms with E-state index in [4.69, 9.17) is 11.6 Å². The first-order chi connectivity index (χ1) is 7.34. The van der Waals surface area contributed by atoms with Crippen LogP contribution in [0.2, 0.25) is 5.02 Å². The molecule has 0 aliphatic rings. The second-order valence-electron chi connectivity index (χ2n) is 3.53. The number of nitrogens with zero attached hydrogens (tertiary/aromatic N) is 1. The van der Waals surface area contributed by atoms with Gasteiger partial charge in [0.05, 0.1) is 0 Å². The molecular weight excluding hydrogens is 241 g/mol. The lowest BCUT2D eigenvalue weighted by Crippen LogP contribution is -3.00. The minimum atomic E-state index is 0. The van der Waals surface area contributed by atoms with E-state index in [0.717, 1.165) is 10.4 Å². The van der Waals surface area contributed by atoms with Gasteiger partial charge in [-0.3, -0.25) is 0 Å². The van der Waals surface area contributed by atoms with Crippen LogP contribution in [-0.2, 0) is 0 Å². The Morgan fingerprint density at radius 3 is 2.69 bits per heavy atom. The summed E-state index contributed by atoms with van der Waals surface area (Å²) in [6.45, 7) is 0. The normalized spacial score (nSPS) is 10.3.